The molecule has 0 radical (unpaired) electrons. The minimum absolute atomic E-state index is 0.0295. The minimum Gasteiger partial charge on any atom is -0.495 e. The first kappa shape index (κ1) is 9.40. The van der Waals surface area contributed by atoms with Crippen LogP contribution in [0, 0.1) is 0 Å². The molecule has 0 saturated heterocycles. The highest BCUT2D eigenvalue weighted by molar-refractivity contribution is 5.73. The van der Waals surface area contributed by atoms with Gasteiger partial charge in [0.05, 0.1) is 0 Å². The summed E-state index contributed by atoms with van der Waals surface area (Å²) in [5.74, 6) is -1.63. The molecule has 0 aliphatic heterocycles. The Hall–Kier alpha value is -1.69. The molecule has 0 saturated carbocycles. The third kappa shape index (κ3) is 2.12. The van der Waals surface area contributed by atoms with Gasteiger partial charge in [0, 0.05) is 18.1 Å². The molecule has 1 rings (SSSR count). The molecule has 1 aromatic heterocycles. The van der Waals surface area contributed by atoms with Gasteiger partial charge in [-0.3, -0.25) is 9.78 Å². The Labute approximate surface area is 73.6 Å². The quantitative estimate of drug-likeness (QED) is 0.431. The summed E-state index contributed by atoms with van der Waals surface area (Å²) in [6.45, 7) is 0. The average molecular weight is 186 g/mol. The lowest BCUT2D eigenvalue weighted by molar-refractivity contribution is -0.138. The molecule has 0 aliphatic rings. The van der Waals surface area contributed by atoms with Crippen molar-refractivity contribution in [2.75, 3.05) is 0 Å². The first-order chi connectivity index (χ1) is 6.00. The Kier molecular flexibility index (Phi) is 2.43. The Morgan fingerprint density at radius 2 is 2.23 bits per heavy atom. The SMILES string of the molecule is N[C@@H](Cc1cc(O)[nH]c1O)C(=O)O. The van der Waals surface area contributed by atoms with Crippen LogP contribution in [0.25, 0.3) is 0 Å². The van der Waals surface area contributed by atoms with Gasteiger partial charge in [-0.05, 0) is 0 Å². The molecule has 13 heavy (non-hydrogen) atoms. The summed E-state index contributed by atoms with van der Waals surface area (Å²) < 4.78 is 0. The van der Waals surface area contributed by atoms with Crippen LogP contribution >= 0.6 is 0 Å². The van der Waals surface area contributed by atoms with Gasteiger partial charge in [-0.2, -0.15) is 0 Å². The van der Waals surface area contributed by atoms with Crippen molar-refractivity contribution in [1.82, 2.24) is 4.98 Å². The van der Waals surface area contributed by atoms with E-state index in [1.165, 1.54) is 6.07 Å². The molecule has 6 heteroatoms. The lowest BCUT2D eigenvalue weighted by Gasteiger charge is -2.03. The van der Waals surface area contributed by atoms with Crippen molar-refractivity contribution in [3.63, 3.8) is 0 Å². The first-order valence-electron chi connectivity index (χ1n) is 3.59. The summed E-state index contributed by atoms with van der Waals surface area (Å²) in [6.07, 6.45) is -0.0295. The number of carbonyl (C=O) groups is 1. The number of nitrogens with two attached hydrogens (primary N) is 1. The third-order valence-corrected chi connectivity index (χ3v) is 1.62. The van der Waals surface area contributed by atoms with Crippen LogP contribution in [0.5, 0.6) is 11.8 Å². The summed E-state index contributed by atoms with van der Waals surface area (Å²) in [4.78, 5) is 12.6. The Morgan fingerprint density at radius 1 is 1.62 bits per heavy atom. The van der Waals surface area contributed by atoms with Crippen molar-refractivity contribution < 1.29 is 20.1 Å². The van der Waals surface area contributed by atoms with Gasteiger partial charge in [0.25, 0.3) is 0 Å². The zero-order chi connectivity index (χ0) is 10.0. The molecule has 1 aromatic rings. The number of H-pyrrole nitrogens is 1. The van der Waals surface area contributed by atoms with Crippen molar-refractivity contribution in [2.45, 2.75) is 12.5 Å². The molecule has 0 spiro atoms. The third-order valence-electron chi connectivity index (χ3n) is 1.62. The van der Waals surface area contributed by atoms with Gasteiger partial charge >= 0.3 is 5.97 Å². The molecule has 6 nitrogen and oxygen atoms in total. The fourth-order valence-corrected chi connectivity index (χ4v) is 0.951. The highest BCUT2D eigenvalue weighted by atomic mass is 16.4. The van der Waals surface area contributed by atoms with Gasteiger partial charge in [0.15, 0.2) is 11.8 Å². The van der Waals surface area contributed by atoms with Gasteiger partial charge in [-0.15, -0.1) is 0 Å². The van der Waals surface area contributed by atoms with Gasteiger partial charge < -0.3 is 21.1 Å². The molecule has 0 unspecified atom stereocenters. The van der Waals surface area contributed by atoms with Gasteiger partial charge in [-0.1, -0.05) is 0 Å². The molecule has 72 valence electrons. The Bertz CT molecular complexity index is 320. The Balaban J connectivity index is 2.74. The highest BCUT2D eigenvalue weighted by Crippen LogP contribution is 2.22. The van der Waals surface area contributed by atoms with Crippen LogP contribution in [-0.4, -0.2) is 32.3 Å². The van der Waals surface area contributed by atoms with E-state index >= 15 is 0 Å². The second-order valence-corrected chi connectivity index (χ2v) is 2.68. The van der Waals surface area contributed by atoms with Crippen molar-refractivity contribution in [1.29, 1.82) is 0 Å². The van der Waals surface area contributed by atoms with E-state index in [0.717, 1.165) is 0 Å². The monoisotopic (exact) mass is 186 g/mol. The summed E-state index contributed by atoms with van der Waals surface area (Å²) in [7, 11) is 0. The zero-order valence-electron chi connectivity index (χ0n) is 6.69. The smallest absolute Gasteiger partial charge is 0.320 e. The number of hydrogen-bond donors (Lipinski definition) is 5. The normalized spacial score (nSPS) is 12.7. The molecule has 0 aromatic carbocycles. The van der Waals surface area contributed by atoms with Gasteiger partial charge in [-0.25, -0.2) is 0 Å². The molecule has 6 N–H and O–H groups in total. The van der Waals surface area contributed by atoms with Gasteiger partial charge in [0.2, 0.25) is 0 Å². The van der Waals surface area contributed by atoms with E-state index in [0.29, 0.717) is 0 Å². The average Bonchev–Trinajstić information content (AvgIpc) is 2.30. The highest BCUT2D eigenvalue weighted by Gasteiger charge is 2.16. The van der Waals surface area contributed by atoms with Crippen molar-refractivity contribution in [2.24, 2.45) is 5.73 Å². The number of rotatable bonds is 3. The van der Waals surface area contributed by atoms with E-state index in [-0.39, 0.29) is 23.7 Å². The second-order valence-electron chi connectivity index (χ2n) is 2.68. The molecular formula is C7H10N2O4. The van der Waals surface area contributed by atoms with Crippen LogP contribution < -0.4 is 5.73 Å². The summed E-state index contributed by atoms with van der Waals surface area (Å²) >= 11 is 0. The zero-order valence-corrected chi connectivity index (χ0v) is 6.69. The molecule has 1 heterocycles. The molecule has 1 atom stereocenters. The van der Waals surface area contributed by atoms with E-state index in [4.69, 9.17) is 21.1 Å². The number of aromatic hydroxyl groups is 2. The van der Waals surface area contributed by atoms with Crippen LogP contribution in [-0.2, 0) is 11.2 Å². The first-order valence-corrected chi connectivity index (χ1v) is 3.59. The fourth-order valence-electron chi connectivity index (χ4n) is 0.951. The molecule has 0 amide bonds. The molecule has 0 aliphatic carbocycles. The van der Waals surface area contributed by atoms with E-state index in [1.54, 1.807) is 0 Å². The fraction of sp³-hybridized carbons (Fsp3) is 0.286. The number of carboxylic acid groups (broad SMARTS) is 1. The largest absolute Gasteiger partial charge is 0.495 e. The summed E-state index contributed by atoms with van der Waals surface area (Å²) in [5, 5.41) is 26.4. The number of aromatic nitrogens is 1. The molecule has 0 bridgehead atoms. The second kappa shape index (κ2) is 3.36. The minimum atomic E-state index is -1.15. The van der Waals surface area contributed by atoms with E-state index in [1.807, 2.05) is 0 Å². The number of nitrogens with one attached hydrogen (secondary N) is 1. The number of aliphatic carboxylic acids is 1. The predicted molar refractivity (Wildman–Crippen MR) is 43.4 cm³/mol. The van der Waals surface area contributed by atoms with Crippen LogP contribution in [0.15, 0.2) is 6.07 Å². The maximum absolute atomic E-state index is 10.3. The number of hydrogen-bond acceptors (Lipinski definition) is 4. The van der Waals surface area contributed by atoms with E-state index < -0.39 is 12.0 Å². The van der Waals surface area contributed by atoms with E-state index in [2.05, 4.69) is 4.98 Å². The predicted octanol–water partition coefficient (Wildman–Crippen LogP) is -0.620. The van der Waals surface area contributed by atoms with Crippen LogP contribution in [0.3, 0.4) is 0 Å². The molecule has 0 fully saturated rings. The van der Waals surface area contributed by atoms with Crippen molar-refractivity contribution in [3.05, 3.63) is 11.6 Å². The lowest BCUT2D eigenvalue weighted by Crippen LogP contribution is -2.32. The maximum Gasteiger partial charge on any atom is 0.320 e. The van der Waals surface area contributed by atoms with Gasteiger partial charge in [0.1, 0.15) is 6.04 Å². The van der Waals surface area contributed by atoms with Crippen LogP contribution in [0.1, 0.15) is 5.56 Å². The standard InChI is InChI=1S/C7H10N2O4/c8-4(7(12)13)1-3-2-5(10)9-6(3)11/h2,4,9-11H,1,8H2,(H,12,13)/t4-/m0/s1. The lowest BCUT2D eigenvalue weighted by atomic mass is 10.1. The molecular weight excluding hydrogens is 176 g/mol. The number of aromatic amines is 1. The maximum atomic E-state index is 10.3. The topological polar surface area (TPSA) is 120 Å². The van der Waals surface area contributed by atoms with Crippen LogP contribution in [0.2, 0.25) is 0 Å². The van der Waals surface area contributed by atoms with Crippen molar-refractivity contribution >= 4 is 5.97 Å². The Morgan fingerprint density at radius 3 is 2.62 bits per heavy atom. The van der Waals surface area contributed by atoms with E-state index in [9.17, 15) is 4.79 Å². The summed E-state index contributed by atoms with van der Waals surface area (Å²) in [5.41, 5.74) is 5.51. The number of carboxylic acids is 1. The summed E-state index contributed by atoms with van der Waals surface area (Å²) in [6, 6.07) is 0.152. The van der Waals surface area contributed by atoms with Crippen LogP contribution in [0.4, 0.5) is 0 Å². The van der Waals surface area contributed by atoms with Crippen molar-refractivity contribution in [3.8, 4) is 11.8 Å².